The maximum Gasteiger partial charge on any atom is 0.248 e. The van der Waals surface area contributed by atoms with Crippen molar-refractivity contribution in [3.05, 3.63) is 95.9 Å². The number of halogens is 1. The summed E-state index contributed by atoms with van der Waals surface area (Å²) in [6.45, 7) is 0. The predicted molar refractivity (Wildman–Crippen MR) is 115 cm³/mol. The number of carbonyl (C=O) groups is 1. The molecule has 1 amide bonds. The minimum atomic E-state index is -0.249. The number of rotatable bonds is 5. The van der Waals surface area contributed by atoms with Crippen molar-refractivity contribution in [2.75, 3.05) is 5.32 Å². The Kier molecular flexibility index (Phi) is 5.49. The van der Waals surface area contributed by atoms with Crippen LogP contribution in [0.5, 0.6) is 11.5 Å². The van der Waals surface area contributed by atoms with Crippen molar-refractivity contribution in [2.24, 2.45) is 0 Å². The normalized spacial score (nSPS) is 10.9. The summed E-state index contributed by atoms with van der Waals surface area (Å²) >= 11 is 5.86. The Morgan fingerprint density at radius 2 is 1.76 bits per heavy atom. The molecule has 142 valence electrons. The van der Waals surface area contributed by atoms with E-state index in [0.717, 1.165) is 16.5 Å². The summed E-state index contributed by atoms with van der Waals surface area (Å²) in [6, 6.07) is 20.1. The Balaban J connectivity index is 1.54. The van der Waals surface area contributed by atoms with Crippen molar-refractivity contribution < 1.29 is 9.53 Å². The third kappa shape index (κ3) is 4.59. The number of hydrogen-bond donors (Lipinski definition) is 1. The van der Waals surface area contributed by atoms with E-state index in [1.54, 1.807) is 36.5 Å². The molecule has 5 nitrogen and oxygen atoms in total. The van der Waals surface area contributed by atoms with Crippen molar-refractivity contribution >= 4 is 40.2 Å². The van der Waals surface area contributed by atoms with E-state index < -0.39 is 0 Å². The van der Waals surface area contributed by atoms with Gasteiger partial charge in [-0.3, -0.25) is 4.79 Å². The zero-order valence-corrected chi connectivity index (χ0v) is 16.0. The first-order chi connectivity index (χ1) is 14.2. The average Bonchev–Trinajstić information content (AvgIpc) is 2.75. The van der Waals surface area contributed by atoms with Crippen LogP contribution in [0.25, 0.3) is 17.0 Å². The van der Waals surface area contributed by atoms with E-state index in [0.29, 0.717) is 22.2 Å². The first-order valence-electron chi connectivity index (χ1n) is 8.89. The van der Waals surface area contributed by atoms with Gasteiger partial charge in [-0.25, -0.2) is 9.97 Å². The molecule has 1 N–H and O–H groups in total. The number of para-hydroxylation sites is 1. The molecule has 1 heterocycles. The van der Waals surface area contributed by atoms with E-state index in [4.69, 9.17) is 16.3 Å². The largest absolute Gasteiger partial charge is 0.456 e. The van der Waals surface area contributed by atoms with Gasteiger partial charge in [0.1, 0.15) is 17.8 Å². The molecule has 0 aliphatic heterocycles. The topological polar surface area (TPSA) is 64.1 Å². The summed E-state index contributed by atoms with van der Waals surface area (Å²) < 4.78 is 6.11. The fourth-order valence-electron chi connectivity index (χ4n) is 2.78. The van der Waals surface area contributed by atoms with Gasteiger partial charge in [-0.2, -0.15) is 0 Å². The van der Waals surface area contributed by atoms with Crippen LogP contribution in [0.3, 0.4) is 0 Å². The molecule has 0 fully saturated rings. The summed E-state index contributed by atoms with van der Waals surface area (Å²) in [4.78, 5) is 20.5. The third-order valence-electron chi connectivity index (χ3n) is 4.18. The lowest BCUT2D eigenvalue weighted by atomic mass is 10.1. The second kappa shape index (κ2) is 8.54. The number of benzene rings is 3. The number of hydrogen-bond acceptors (Lipinski definition) is 4. The molecule has 4 aromatic rings. The molecule has 1 aromatic heterocycles. The highest BCUT2D eigenvalue weighted by Crippen LogP contribution is 2.31. The number of anilines is 1. The van der Waals surface area contributed by atoms with Gasteiger partial charge in [-0.15, -0.1) is 0 Å². The summed E-state index contributed by atoms with van der Waals surface area (Å²) in [5, 5.41) is 4.22. The number of nitrogens with zero attached hydrogens (tertiary/aromatic N) is 2. The molecular weight excluding hydrogens is 386 g/mol. The fraction of sp³-hybridized carbons (Fsp3) is 0. The van der Waals surface area contributed by atoms with Crippen LogP contribution in [0.4, 0.5) is 5.69 Å². The first kappa shape index (κ1) is 18.7. The van der Waals surface area contributed by atoms with Crippen LogP contribution >= 0.6 is 11.6 Å². The summed E-state index contributed by atoms with van der Waals surface area (Å²) in [5.74, 6) is 1.02. The first-order valence-corrected chi connectivity index (χ1v) is 9.27. The van der Waals surface area contributed by atoms with Crippen LogP contribution in [0.1, 0.15) is 5.56 Å². The van der Waals surface area contributed by atoms with Gasteiger partial charge in [-0.1, -0.05) is 35.9 Å². The quantitative estimate of drug-likeness (QED) is 0.434. The zero-order valence-electron chi connectivity index (χ0n) is 15.2. The number of fused-ring (bicyclic) bond motifs is 1. The highest BCUT2D eigenvalue weighted by molar-refractivity contribution is 6.30. The molecule has 6 heteroatoms. The number of carbonyl (C=O) groups excluding carboxylic acids is 1. The van der Waals surface area contributed by atoms with Gasteiger partial charge < -0.3 is 10.1 Å². The molecule has 0 radical (unpaired) electrons. The highest BCUT2D eigenvalue weighted by Gasteiger charge is 2.07. The lowest BCUT2D eigenvalue weighted by Gasteiger charge is -2.10. The summed E-state index contributed by atoms with van der Waals surface area (Å²) in [5.41, 5.74) is 2.24. The van der Waals surface area contributed by atoms with Crippen LogP contribution in [0, 0.1) is 0 Å². The highest BCUT2D eigenvalue weighted by atomic mass is 35.5. The van der Waals surface area contributed by atoms with E-state index >= 15 is 0 Å². The van der Waals surface area contributed by atoms with Crippen LogP contribution in [0.2, 0.25) is 5.02 Å². The van der Waals surface area contributed by atoms with Gasteiger partial charge in [0.15, 0.2) is 0 Å². The minimum absolute atomic E-state index is 0.249. The second-order valence-electron chi connectivity index (χ2n) is 6.18. The monoisotopic (exact) mass is 401 g/mol. The van der Waals surface area contributed by atoms with Gasteiger partial charge >= 0.3 is 0 Å². The van der Waals surface area contributed by atoms with Crippen LogP contribution in [-0.2, 0) is 4.79 Å². The Bertz CT molecular complexity index is 1180. The van der Waals surface area contributed by atoms with Crippen LogP contribution in [0.15, 0.2) is 85.3 Å². The SMILES string of the molecule is O=C(/C=C/c1ccccc1Oc1cccc2ncncc12)Nc1ccc(Cl)cc1. The molecule has 0 atom stereocenters. The Morgan fingerprint density at radius 3 is 2.62 bits per heavy atom. The molecule has 0 unspecified atom stereocenters. The van der Waals surface area contributed by atoms with Gasteiger partial charge in [-0.05, 0) is 48.5 Å². The van der Waals surface area contributed by atoms with Crippen molar-refractivity contribution in [1.29, 1.82) is 0 Å². The van der Waals surface area contributed by atoms with Gasteiger partial charge in [0.05, 0.1) is 10.9 Å². The van der Waals surface area contributed by atoms with E-state index in [9.17, 15) is 4.79 Å². The van der Waals surface area contributed by atoms with Crippen LogP contribution < -0.4 is 10.1 Å². The van der Waals surface area contributed by atoms with Crippen molar-refractivity contribution in [3.63, 3.8) is 0 Å². The maximum atomic E-state index is 12.2. The van der Waals surface area contributed by atoms with Gasteiger partial charge in [0.2, 0.25) is 5.91 Å². The Morgan fingerprint density at radius 1 is 0.966 bits per heavy atom. The van der Waals surface area contributed by atoms with Crippen molar-refractivity contribution in [2.45, 2.75) is 0 Å². The minimum Gasteiger partial charge on any atom is -0.456 e. The van der Waals surface area contributed by atoms with Crippen molar-refractivity contribution in [1.82, 2.24) is 9.97 Å². The van der Waals surface area contributed by atoms with E-state index in [1.165, 1.54) is 12.4 Å². The van der Waals surface area contributed by atoms with E-state index in [-0.39, 0.29) is 5.91 Å². The molecule has 4 rings (SSSR count). The molecule has 0 bridgehead atoms. The zero-order chi connectivity index (χ0) is 20.1. The Hall–Kier alpha value is -3.70. The Labute approximate surface area is 172 Å². The third-order valence-corrected chi connectivity index (χ3v) is 4.43. The second-order valence-corrected chi connectivity index (χ2v) is 6.62. The molecule has 29 heavy (non-hydrogen) atoms. The average molecular weight is 402 g/mol. The number of amides is 1. The molecular formula is C23H16ClN3O2. The molecule has 3 aromatic carbocycles. The van der Waals surface area contributed by atoms with Gasteiger partial charge in [0.25, 0.3) is 0 Å². The van der Waals surface area contributed by atoms with E-state index in [1.807, 2.05) is 42.5 Å². The molecule has 0 spiro atoms. The standard InChI is InChI=1S/C23H16ClN3O2/c24-17-9-11-18(12-10-17)27-23(28)13-8-16-4-1-2-6-21(16)29-22-7-3-5-20-19(22)14-25-15-26-20/h1-15H,(H,27,28)/b13-8+. The predicted octanol–water partition coefficient (Wildman–Crippen LogP) is 5.73. The molecule has 0 saturated heterocycles. The lowest BCUT2D eigenvalue weighted by molar-refractivity contribution is -0.111. The summed E-state index contributed by atoms with van der Waals surface area (Å²) in [6.07, 6.45) is 6.39. The maximum absolute atomic E-state index is 12.2. The van der Waals surface area contributed by atoms with Crippen LogP contribution in [-0.4, -0.2) is 15.9 Å². The van der Waals surface area contributed by atoms with E-state index in [2.05, 4.69) is 15.3 Å². The van der Waals surface area contributed by atoms with Crippen molar-refractivity contribution in [3.8, 4) is 11.5 Å². The molecule has 0 aliphatic rings. The molecule has 0 saturated carbocycles. The summed E-state index contributed by atoms with van der Waals surface area (Å²) in [7, 11) is 0. The smallest absolute Gasteiger partial charge is 0.248 e. The van der Waals surface area contributed by atoms with Gasteiger partial charge in [0, 0.05) is 28.5 Å². The fourth-order valence-corrected chi connectivity index (χ4v) is 2.91. The lowest BCUT2D eigenvalue weighted by Crippen LogP contribution is -2.07. The number of nitrogens with one attached hydrogen (secondary N) is 1. The number of ether oxygens (including phenoxy) is 1. The number of aromatic nitrogens is 2. The molecule has 0 aliphatic carbocycles.